The number of hydrogen-bond acceptors (Lipinski definition) is 2. The molecule has 0 amide bonds. The Balaban J connectivity index is 2.14. The Labute approximate surface area is 116 Å². The molecule has 0 saturated heterocycles. The standard InChI is InChI=1S/C15H12FNO2S/c1-20(18,19)12-5-2-10(3-6-12)14-9-17-15-7-4-11(16)8-13(14)15/h2-9,17H,1H3. The van der Waals surface area contributed by atoms with Gasteiger partial charge in [-0.1, -0.05) is 12.1 Å². The van der Waals surface area contributed by atoms with Gasteiger partial charge in [-0.2, -0.15) is 0 Å². The van der Waals surface area contributed by atoms with E-state index in [1.54, 1.807) is 36.5 Å². The van der Waals surface area contributed by atoms with E-state index in [2.05, 4.69) is 4.98 Å². The highest BCUT2D eigenvalue weighted by Gasteiger charge is 2.10. The molecule has 1 aromatic heterocycles. The van der Waals surface area contributed by atoms with Gasteiger partial charge in [-0.3, -0.25) is 0 Å². The van der Waals surface area contributed by atoms with Crippen LogP contribution in [-0.2, 0) is 9.84 Å². The van der Waals surface area contributed by atoms with Gasteiger partial charge < -0.3 is 4.98 Å². The van der Waals surface area contributed by atoms with Crippen molar-refractivity contribution in [1.29, 1.82) is 0 Å². The van der Waals surface area contributed by atoms with Gasteiger partial charge in [0, 0.05) is 28.9 Å². The second-order valence-corrected chi connectivity index (χ2v) is 6.70. The maximum absolute atomic E-state index is 13.3. The summed E-state index contributed by atoms with van der Waals surface area (Å²) in [6, 6.07) is 11.1. The molecule has 0 aliphatic heterocycles. The number of halogens is 1. The molecular weight excluding hydrogens is 277 g/mol. The van der Waals surface area contributed by atoms with Crippen molar-refractivity contribution in [2.75, 3.05) is 6.26 Å². The number of rotatable bonds is 2. The maximum Gasteiger partial charge on any atom is 0.175 e. The molecule has 0 atom stereocenters. The molecule has 2 aromatic carbocycles. The van der Waals surface area contributed by atoms with Crippen LogP contribution < -0.4 is 0 Å². The van der Waals surface area contributed by atoms with Crippen LogP contribution in [0.15, 0.2) is 53.6 Å². The maximum atomic E-state index is 13.3. The van der Waals surface area contributed by atoms with E-state index in [0.717, 1.165) is 22.0 Å². The molecule has 0 spiro atoms. The zero-order chi connectivity index (χ0) is 14.3. The van der Waals surface area contributed by atoms with Crippen molar-refractivity contribution >= 4 is 20.7 Å². The molecule has 0 aliphatic rings. The fraction of sp³-hybridized carbons (Fsp3) is 0.0667. The number of hydrogen-bond donors (Lipinski definition) is 1. The van der Waals surface area contributed by atoms with Gasteiger partial charge >= 0.3 is 0 Å². The largest absolute Gasteiger partial charge is 0.361 e. The molecule has 1 N–H and O–H groups in total. The smallest absolute Gasteiger partial charge is 0.175 e. The summed E-state index contributed by atoms with van der Waals surface area (Å²) in [4.78, 5) is 3.34. The van der Waals surface area contributed by atoms with Crippen molar-refractivity contribution in [3.8, 4) is 11.1 Å². The van der Waals surface area contributed by atoms with Crippen LogP contribution in [0.25, 0.3) is 22.0 Å². The van der Waals surface area contributed by atoms with Gasteiger partial charge in [-0.05, 0) is 35.9 Å². The highest BCUT2D eigenvalue weighted by molar-refractivity contribution is 7.90. The van der Waals surface area contributed by atoms with Crippen molar-refractivity contribution in [3.05, 3.63) is 54.5 Å². The zero-order valence-corrected chi connectivity index (χ0v) is 11.5. The lowest BCUT2D eigenvalue weighted by atomic mass is 10.1. The van der Waals surface area contributed by atoms with Crippen molar-refractivity contribution in [2.45, 2.75) is 4.90 Å². The van der Waals surface area contributed by atoms with Gasteiger partial charge in [0.2, 0.25) is 0 Å². The monoisotopic (exact) mass is 289 g/mol. The first kappa shape index (κ1) is 12.9. The minimum Gasteiger partial charge on any atom is -0.361 e. The average Bonchev–Trinajstić information content (AvgIpc) is 2.81. The summed E-state index contributed by atoms with van der Waals surface area (Å²) < 4.78 is 36.2. The second-order valence-electron chi connectivity index (χ2n) is 4.69. The Hall–Kier alpha value is -2.14. The Bertz CT molecular complexity index is 880. The summed E-state index contributed by atoms with van der Waals surface area (Å²) in [7, 11) is -3.21. The van der Waals surface area contributed by atoms with E-state index in [-0.39, 0.29) is 10.7 Å². The van der Waals surface area contributed by atoms with Gasteiger partial charge in [0.1, 0.15) is 5.82 Å². The minimum atomic E-state index is -3.21. The van der Waals surface area contributed by atoms with Gasteiger partial charge in [0.15, 0.2) is 9.84 Å². The van der Waals surface area contributed by atoms with Crippen molar-refractivity contribution in [1.82, 2.24) is 4.98 Å². The molecule has 0 bridgehead atoms. The average molecular weight is 289 g/mol. The molecule has 102 valence electrons. The van der Waals surface area contributed by atoms with Crippen LogP contribution in [0.1, 0.15) is 0 Å². The number of nitrogens with one attached hydrogen (secondary N) is 1. The quantitative estimate of drug-likeness (QED) is 0.786. The van der Waals surface area contributed by atoms with Gasteiger partial charge in [0.05, 0.1) is 4.90 Å². The van der Waals surface area contributed by atoms with Crippen LogP contribution in [-0.4, -0.2) is 19.7 Å². The Kier molecular flexibility index (Phi) is 2.87. The normalized spacial score (nSPS) is 11.9. The Morgan fingerprint density at radius 2 is 1.75 bits per heavy atom. The lowest BCUT2D eigenvalue weighted by Gasteiger charge is -2.02. The molecule has 5 heteroatoms. The highest BCUT2D eigenvalue weighted by atomic mass is 32.2. The van der Waals surface area contributed by atoms with Gasteiger partial charge in [-0.25, -0.2) is 12.8 Å². The van der Waals surface area contributed by atoms with Crippen molar-refractivity contribution in [2.24, 2.45) is 0 Å². The molecule has 0 fully saturated rings. The van der Waals surface area contributed by atoms with E-state index < -0.39 is 9.84 Å². The Morgan fingerprint density at radius 1 is 1.05 bits per heavy atom. The summed E-state index contributed by atoms with van der Waals surface area (Å²) in [5.74, 6) is -0.300. The van der Waals surface area contributed by atoms with Crippen molar-refractivity contribution < 1.29 is 12.8 Å². The third-order valence-electron chi connectivity index (χ3n) is 3.24. The summed E-state index contributed by atoms with van der Waals surface area (Å²) in [6.45, 7) is 0. The molecule has 3 rings (SSSR count). The second kappa shape index (κ2) is 4.45. The van der Waals surface area contributed by atoms with E-state index in [1.165, 1.54) is 18.4 Å². The number of aromatic amines is 1. The molecule has 0 unspecified atom stereocenters. The number of aromatic nitrogens is 1. The molecule has 3 aromatic rings. The van der Waals surface area contributed by atoms with Crippen LogP contribution in [0.5, 0.6) is 0 Å². The lowest BCUT2D eigenvalue weighted by molar-refractivity contribution is 0.602. The van der Waals surface area contributed by atoms with E-state index in [0.29, 0.717) is 0 Å². The first-order valence-electron chi connectivity index (χ1n) is 6.02. The number of benzene rings is 2. The first-order valence-corrected chi connectivity index (χ1v) is 7.91. The number of H-pyrrole nitrogens is 1. The van der Waals surface area contributed by atoms with Crippen LogP contribution in [0.3, 0.4) is 0 Å². The molecule has 0 saturated carbocycles. The molecule has 0 aliphatic carbocycles. The molecule has 20 heavy (non-hydrogen) atoms. The lowest BCUT2D eigenvalue weighted by Crippen LogP contribution is -1.96. The summed E-state index contributed by atoms with van der Waals surface area (Å²) in [5.41, 5.74) is 2.53. The topological polar surface area (TPSA) is 49.9 Å². The van der Waals surface area contributed by atoms with Crippen LogP contribution in [0, 0.1) is 5.82 Å². The number of fused-ring (bicyclic) bond motifs is 1. The minimum absolute atomic E-state index is 0.271. The predicted octanol–water partition coefficient (Wildman–Crippen LogP) is 3.38. The third kappa shape index (κ3) is 2.20. The van der Waals surface area contributed by atoms with Gasteiger partial charge in [0.25, 0.3) is 0 Å². The summed E-state index contributed by atoms with van der Waals surface area (Å²) >= 11 is 0. The number of sulfone groups is 1. The molecule has 0 radical (unpaired) electrons. The van der Waals surface area contributed by atoms with Crippen LogP contribution in [0.2, 0.25) is 0 Å². The Morgan fingerprint density at radius 3 is 2.40 bits per heavy atom. The zero-order valence-electron chi connectivity index (χ0n) is 10.7. The molecule has 1 heterocycles. The fourth-order valence-corrected chi connectivity index (χ4v) is 2.84. The fourth-order valence-electron chi connectivity index (χ4n) is 2.21. The first-order chi connectivity index (χ1) is 9.45. The highest BCUT2D eigenvalue weighted by Crippen LogP contribution is 2.29. The third-order valence-corrected chi connectivity index (χ3v) is 4.37. The van der Waals surface area contributed by atoms with Crippen molar-refractivity contribution in [3.63, 3.8) is 0 Å². The van der Waals surface area contributed by atoms with Gasteiger partial charge in [-0.15, -0.1) is 0 Å². The van der Waals surface area contributed by atoms with Crippen LogP contribution in [0.4, 0.5) is 4.39 Å². The van der Waals surface area contributed by atoms with E-state index in [1.807, 2.05) is 0 Å². The van der Waals surface area contributed by atoms with E-state index in [4.69, 9.17) is 0 Å². The summed E-state index contributed by atoms with van der Waals surface area (Å²) in [5, 5.41) is 0.775. The van der Waals surface area contributed by atoms with Crippen LogP contribution >= 0.6 is 0 Å². The molecule has 3 nitrogen and oxygen atoms in total. The summed E-state index contributed by atoms with van der Waals surface area (Å²) in [6.07, 6.45) is 2.96. The van der Waals surface area contributed by atoms with E-state index in [9.17, 15) is 12.8 Å². The van der Waals surface area contributed by atoms with E-state index >= 15 is 0 Å². The molecular formula is C15H12FNO2S. The SMILES string of the molecule is CS(=O)(=O)c1ccc(-c2c[nH]c3ccc(F)cc23)cc1. The predicted molar refractivity (Wildman–Crippen MR) is 76.8 cm³/mol.